The van der Waals surface area contributed by atoms with Gasteiger partial charge in [-0.05, 0) is 31.5 Å². The third kappa shape index (κ3) is 4.75. The van der Waals surface area contributed by atoms with E-state index < -0.39 is 0 Å². The van der Waals surface area contributed by atoms with Gasteiger partial charge in [0.15, 0.2) is 5.84 Å². The Morgan fingerprint density at radius 2 is 1.94 bits per heavy atom. The molecule has 1 rings (SSSR count). The van der Waals surface area contributed by atoms with Gasteiger partial charge in [-0.2, -0.15) is 0 Å². The van der Waals surface area contributed by atoms with Gasteiger partial charge in [0, 0.05) is 12.1 Å². The number of nitrogens with zero attached hydrogens (tertiary/aromatic N) is 2. The molecule has 0 atom stereocenters. The second kappa shape index (κ2) is 7.01. The zero-order chi connectivity index (χ0) is 13.5. The molecule has 1 aromatic carbocycles. The SMILES string of the molecule is CC(C)CCN(C)Cc1ccc(C(N)=NO)cc1. The number of hydrogen-bond acceptors (Lipinski definition) is 3. The molecule has 4 nitrogen and oxygen atoms in total. The fourth-order valence-electron chi connectivity index (χ4n) is 1.71. The summed E-state index contributed by atoms with van der Waals surface area (Å²) in [6.45, 7) is 6.49. The highest BCUT2D eigenvalue weighted by Crippen LogP contribution is 2.08. The number of nitrogens with two attached hydrogens (primary N) is 1. The first kappa shape index (κ1) is 14.5. The van der Waals surface area contributed by atoms with Gasteiger partial charge >= 0.3 is 0 Å². The average Bonchev–Trinajstić information content (AvgIpc) is 2.36. The van der Waals surface area contributed by atoms with Crippen LogP contribution in [0.3, 0.4) is 0 Å². The molecule has 0 aliphatic carbocycles. The van der Waals surface area contributed by atoms with Crippen LogP contribution >= 0.6 is 0 Å². The van der Waals surface area contributed by atoms with Crippen LogP contribution < -0.4 is 5.73 Å². The molecule has 0 spiro atoms. The van der Waals surface area contributed by atoms with Crippen molar-refractivity contribution in [3.8, 4) is 0 Å². The first-order valence-electron chi connectivity index (χ1n) is 6.28. The lowest BCUT2D eigenvalue weighted by Gasteiger charge is -2.18. The van der Waals surface area contributed by atoms with Gasteiger partial charge in [0.2, 0.25) is 0 Å². The van der Waals surface area contributed by atoms with Crippen LogP contribution in [0.25, 0.3) is 0 Å². The summed E-state index contributed by atoms with van der Waals surface area (Å²) in [6, 6.07) is 7.78. The molecule has 0 unspecified atom stereocenters. The maximum Gasteiger partial charge on any atom is 0.170 e. The van der Waals surface area contributed by atoms with E-state index in [2.05, 4.69) is 31.0 Å². The van der Waals surface area contributed by atoms with E-state index in [1.54, 1.807) is 0 Å². The highest BCUT2D eigenvalue weighted by molar-refractivity contribution is 5.96. The quantitative estimate of drug-likeness (QED) is 0.352. The Labute approximate surface area is 109 Å². The molecule has 3 N–H and O–H groups in total. The molecular weight excluding hydrogens is 226 g/mol. The lowest BCUT2D eigenvalue weighted by molar-refractivity contribution is 0.303. The molecule has 4 heteroatoms. The zero-order valence-corrected chi connectivity index (χ0v) is 11.4. The van der Waals surface area contributed by atoms with Crippen LogP contribution in [0.5, 0.6) is 0 Å². The van der Waals surface area contributed by atoms with Crippen LogP contribution in [0.2, 0.25) is 0 Å². The Balaban J connectivity index is 2.53. The van der Waals surface area contributed by atoms with Gasteiger partial charge in [-0.25, -0.2) is 0 Å². The van der Waals surface area contributed by atoms with E-state index >= 15 is 0 Å². The highest BCUT2D eigenvalue weighted by atomic mass is 16.4. The molecule has 1 aromatic rings. The van der Waals surface area contributed by atoms with Crippen LogP contribution in [-0.4, -0.2) is 29.5 Å². The molecule has 0 aliphatic rings. The third-order valence-electron chi connectivity index (χ3n) is 2.90. The van der Waals surface area contributed by atoms with Crippen molar-refractivity contribution in [2.24, 2.45) is 16.8 Å². The summed E-state index contributed by atoms with van der Waals surface area (Å²) in [4.78, 5) is 2.30. The van der Waals surface area contributed by atoms with Crippen molar-refractivity contribution < 1.29 is 5.21 Å². The molecule has 0 amide bonds. The molecular formula is C14H23N3O. The third-order valence-corrected chi connectivity index (χ3v) is 2.90. The van der Waals surface area contributed by atoms with Crippen molar-refractivity contribution in [1.29, 1.82) is 0 Å². The van der Waals surface area contributed by atoms with Crippen molar-refractivity contribution in [1.82, 2.24) is 4.90 Å². The lowest BCUT2D eigenvalue weighted by Crippen LogP contribution is -2.20. The zero-order valence-electron chi connectivity index (χ0n) is 11.4. The molecule has 0 heterocycles. The molecule has 0 radical (unpaired) electrons. The minimum atomic E-state index is 0.148. The number of rotatable bonds is 6. The van der Waals surface area contributed by atoms with E-state index in [0.717, 1.165) is 24.6 Å². The largest absolute Gasteiger partial charge is 0.409 e. The van der Waals surface area contributed by atoms with Crippen molar-refractivity contribution in [3.05, 3.63) is 35.4 Å². The van der Waals surface area contributed by atoms with Gasteiger partial charge < -0.3 is 15.8 Å². The number of oxime groups is 1. The van der Waals surface area contributed by atoms with Crippen LogP contribution in [0.15, 0.2) is 29.4 Å². The first-order valence-corrected chi connectivity index (χ1v) is 6.28. The number of benzene rings is 1. The number of amidine groups is 1. The molecule has 18 heavy (non-hydrogen) atoms. The summed E-state index contributed by atoms with van der Waals surface area (Å²) in [5, 5.41) is 11.6. The molecule has 0 aliphatic heterocycles. The predicted octanol–water partition coefficient (Wildman–Crippen LogP) is 2.26. The van der Waals surface area contributed by atoms with Crippen LogP contribution in [0.4, 0.5) is 0 Å². The predicted molar refractivity (Wildman–Crippen MR) is 74.7 cm³/mol. The van der Waals surface area contributed by atoms with Gasteiger partial charge in [-0.3, -0.25) is 0 Å². The molecule has 100 valence electrons. The minimum Gasteiger partial charge on any atom is -0.409 e. The Bertz CT molecular complexity index is 385. The van der Waals surface area contributed by atoms with Gasteiger partial charge in [-0.1, -0.05) is 43.3 Å². The topological polar surface area (TPSA) is 61.8 Å². The Kier molecular flexibility index (Phi) is 5.65. The van der Waals surface area contributed by atoms with E-state index in [1.807, 2.05) is 24.3 Å². The monoisotopic (exact) mass is 249 g/mol. The summed E-state index contributed by atoms with van der Waals surface area (Å²) >= 11 is 0. The van der Waals surface area contributed by atoms with Crippen molar-refractivity contribution >= 4 is 5.84 Å². The average molecular weight is 249 g/mol. The van der Waals surface area contributed by atoms with E-state index in [1.165, 1.54) is 12.0 Å². The van der Waals surface area contributed by atoms with Crippen molar-refractivity contribution in [2.45, 2.75) is 26.8 Å². The Morgan fingerprint density at radius 1 is 1.33 bits per heavy atom. The summed E-state index contributed by atoms with van der Waals surface area (Å²) < 4.78 is 0. The minimum absolute atomic E-state index is 0.148. The first-order chi connectivity index (χ1) is 8.52. The fraction of sp³-hybridized carbons (Fsp3) is 0.500. The normalized spacial score (nSPS) is 12.4. The van der Waals surface area contributed by atoms with Gasteiger partial charge in [-0.15, -0.1) is 0 Å². The molecule has 0 saturated carbocycles. The van der Waals surface area contributed by atoms with Crippen LogP contribution in [-0.2, 0) is 6.54 Å². The fourth-order valence-corrected chi connectivity index (χ4v) is 1.71. The van der Waals surface area contributed by atoms with Crippen molar-refractivity contribution in [3.63, 3.8) is 0 Å². The maximum absolute atomic E-state index is 8.58. The second-order valence-electron chi connectivity index (χ2n) is 5.10. The molecule has 0 fully saturated rings. The van der Waals surface area contributed by atoms with Gasteiger partial charge in [0.25, 0.3) is 0 Å². The van der Waals surface area contributed by atoms with Crippen molar-refractivity contribution in [2.75, 3.05) is 13.6 Å². The van der Waals surface area contributed by atoms with Gasteiger partial charge in [0.1, 0.15) is 0 Å². The summed E-state index contributed by atoms with van der Waals surface area (Å²) in [7, 11) is 2.12. The van der Waals surface area contributed by atoms with E-state index in [-0.39, 0.29) is 5.84 Å². The van der Waals surface area contributed by atoms with Crippen LogP contribution in [0.1, 0.15) is 31.4 Å². The standard InChI is InChI=1S/C14H23N3O/c1-11(2)8-9-17(3)10-12-4-6-13(7-5-12)14(15)16-18/h4-7,11,18H,8-10H2,1-3H3,(H2,15,16). The maximum atomic E-state index is 8.58. The summed E-state index contributed by atoms with van der Waals surface area (Å²) in [5.41, 5.74) is 7.49. The Morgan fingerprint density at radius 3 is 2.44 bits per heavy atom. The van der Waals surface area contributed by atoms with Gasteiger partial charge in [0.05, 0.1) is 0 Å². The summed E-state index contributed by atoms with van der Waals surface area (Å²) in [5.74, 6) is 0.880. The van der Waals surface area contributed by atoms with E-state index in [0.29, 0.717) is 0 Å². The molecule has 0 bridgehead atoms. The van der Waals surface area contributed by atoms with Crippen LogP contribution in [0, 0.1) is 5.92 Å². The number of hydrogen-bond donors (Lipinski definition) is 2. The summed E-state index contributed by atoms with van der Waals surface area (Å²) in [6.07, 6.45) is 1.21. The van der Waals surface area contributed by atoms with E-state index in [4.69, 9.17) is 10.9 Å². The Hall–Kier alpha value is -1.55. The molecule has 0 saturated heterocycles. The smallest absolute Gasteiger partial charge is 0.170 e. The molecule has 0 aromatic heterocycles. The highest BCUT2D eigenvalue weighted by Gasteiger charge is 2.03. The van der Waals surface area contributed by atoms with E-state index in [9.17, 15) is 0 Å². The second-order valence-corrected chi connectivity index (χ2v) is 5.10. The lowest BCUT2D eigenvalue weighted by atomic mass is 10.1.